The molecule has 1 N–H and O–H groups in total. The van der Waals surface area contributed by atoms with E-state index in [1.54, 1.807) is 12.0 Å². The second kappa shape index (κ2) is 8.33. The molecule has 0 radical (unpaired) electrons. The van der Waals surface area contributed by atoms with Gasteiger partial charge in [0.25, 0.3) is 0 Å². The number of nitrogens with one attached hydrogen (secondary N) is 1. The molecule has 5 nitrogen and oxygen atoms in total. The number of nitrogens with zero attached hydrogens (tertiary/aromatic N) is 1. The van der Waals surface area contributed by atoms with Gasteiger partial charge in [-0.15, -0.1) is 0 Å². The third kappa shape index (κ3) is 5.08. The molecule has 0 heterocycles. The standard InChI is InChI=1S/C20H24N2O3/c1-14-5-8-17(9-6-14)22(16(3)23)12-11-20(24)21-18-13-15(2)7-10-19(18)25-4/h5-10,13H,11-12H2,1-4H3,(H,21,24). The van der Waals surface area contributed by atoms with Crippen LogP contribution in [0.1, 0.15) is 24.5 Å². The summed E-state index contributed by atoms with van der Waals surface area (Å²) in [6, 6.07) is 13.3. The normalized spacial score (nSPS) is 10.2. The van der Waals surface area contributed by atoms with E-state index in [2.05, 4.69) is 5.32 Å². The van der Waals surface area contributed by atoms with Gasteiger partial charge in [0.2, 0.25) is 11.8 Å². The van der Waals surface area contributed by atoms with Gasteiger partial charge in [-0.05, 0) is 43.7 Å². The van der Waals surface area contributed by atoms with Crippen molar-refractivity contribution in [2.24, 2.45) is 0 Å². The lowest BCUT2D eigenvalue weighted by Gasteiger charge is -2.21. The van der Waals surface area contributed by atoms with Gasteiger partial charge < -0.3 is 15.0 Å². The zero-order valence-corrected chi connectivity index (χ0v) is 15.1. The van der Waals surface area contributed by atoms with E-state index in [1.165, 1.54) is 6.92 Å². The van der Waals surface area contributed by atoms with Crippen LogP contribution in [0.3, 0.4) is 0 Å². The molecule has 0 atom stereocenters. The molecule has 0 aliphatic rings. The van der Waals surface area contributed by atoms with Crippen molar-refractivity contribution in [1.82, 2.24) is 0 Å². The largest absolute Gasteiger partial charge is 0.495 e. The fourth-order valence-corrected chi connectivity index (χ4v) is 2.54. The van der Waals surface area contributed by atoms with E-state index in [4.69, 9.17) is 4.74 Å². The summed E-state index contributed by atoms with van der Waals surface area (Å²) in [5, 5.41) is 2.86. The minimum atomic E-state index is -0.165. The zero-order valence-electron chi connectivity index (χ0n) is 15.1. The SMILES string of the molecule is COc1ccc(C)cc1NC(=O)CCN(C(C)=O)c1ccc(C)cc1. The Kier molecular flexibility index (Phi) is 6.17. The molecular weight excluding hydrogens is 316 g/mol. The van der Waals surface area contributed by atoms with Gasteiger partial charge in [-0.3, -0.25) is 9.59 Å². The molecule has 2 aromatic rings. The first-order valence-corrected chi connectivity index (χ1v) is 8.20. The molecule has 132 valence electrons. The number of methoxy groups -OCH3 is 1. The summed E-state index contributed by atoms with van der Waals surface area (Å²) in [5.74, 6) is 0.355. The van der Waals surface area contributed by atoms with Gasteiger partial charge in [0.05, 0.1) is 12.8 Å². The summed E-state index contributed by atoms with van der Waals surface area (Å²) in [4.78, 5) is 25.8. The van der Waals surface area contributed by atoms with E-state index in [-0.39, 0.29) is 18.2 Å². The van der Waals surface area contributed by atoms with E-state index in [0.717, 1.165) is 16.8 Å². The molecule has 0 bridgehead atoms. The van der Waals surface area contributed by atoms with Crippen molar-refractivity contribution in [2.75, 3.05) is 23.9 Å². The number of hydrogen-bond donors (Lipinski definition) is 1. The van der Waals surface area contributed by atoms with Crippen molar-refractivity contribution in [1.29, 1.82) is 0 Å². The molecule has 0 unspecified atom stereocenters. The van der Waals surface area contributed by atoms with E-state index < -0.39 is 0 Å². The summed E-state index contributed by atoms with van der Waals surface area (Å²) < 4.78 is 5.27. The number of aryl methyl sites for hydroxylation is 2. The maximum Gasteiger partial charge on any atom is 0.226 e. The number of carbonyl (C=O) groups excluding carboxylic acids is 2. The van der Waals surface area contributed by atoms with E-state index >= 15 is 0 Å². The molecule has 5 heteroatoms. The van der Waals surface area contributed by atoms with Gasteiger partial charge in [0.15, 0.2) is 0 Å². The first-order valence-electron chi connectivity index (χ1n) is 8.20. The number of hydrogen-bond acceptors (Lipinski definition) is 3. The van der Waals surface area contributed by atoms with Crippen molar-refractivity contribution in [2.45, 2.75) is 27.2 Å². The molecule has 0 aliphatic heterocycles. The second-order valence-electron chi connectivity index (χ2n) is 6.01. The van der Waals surface area contributed by atoms with Crippen molar-refractivity contribution in [3.63, 3.8) is 0 Å². The van der Waals surface area contributed by atoms with Crippen LogP contribution < -0.4 is 15.0 Å². The zero-order chi connectivity index (χ0) is 18.4. The molecule has 0 saturated heterocycles. The first kappa shape index (κ1) is 18.5. The predicted octanol–water partition coefficient (Wildman–Crippen LogP) is 3.69. The van der Waals surface area contributed by atoms with Crippen molar-refractivity contribution >= 4 is 23.2 Å². The average molecular weight is 340 g/mol. The molecule has 2 aromatic carbocycles. The summed E-state index contributed by atoms with van der Waals surface area (Å²) >= 11 is 0. The lowest BCUT2D eigenvalue weighted by molar-refractivity contribution is -0.117. The van der Waals surface area contributed by atoms with Crippen molar-refractivity contribution in [3.8, 4) is 5.75 Å². The van der Waals surface area contributed by atoms with Gasteiger partial charge in [-0.1, -0.05) is 23.8 Å². The number of carbonyl (C=O) groups is 2. The van der Waals surface area contributed by atoms with Crippen LogP contribution in [0.5, 0.6) is 5.75 Å². The first-order chi connectivity index (χ1) is 11.9. The van der Waals surface area contributed by atoms with Crippen LogP contribution in [0.15, 0.2) is 42.5 Å². The maximum absolute atomic E-state index is 12.3. The van der Waals surface area contributed by atoms with Crippen LogP contribution in [0.2, 0.25) is 0 Å². The monoisotopic (exact) mass is 340 g/mol. The van der Waals surface area contributed by atoms with Gasteiger partial charge >= 0.3 is 0 Å². The Morgan fingerprint density at radius 3 is 2.28 bits per heavy atom. The van der Waals surface area contributed by atoms with Gasteiger partial charge in [0, 0.05) is 25.6 Å². The Morgan fingerprint density at radius 1 is 1.04 bits per heavy atom. The fraction of sp³-hybridized carbons (Fsp3) is 0.300. The summed E-state index contributed by atoms with van der Waals surface area (Å²) in [6.45, 7) is 5.76. The maximum atomic E-state index is 12.3. The molecule has 0 aliphatic carbocycles. The number of amides is 2. The Bertz CT molecular complexity index is 754. The van der Waals surface area contributed by atoms with Crippen LogP contribution in [0.4, 0.5) is 11.4 Å². The highest BCUT2D eigenvalue weighted by Gasteiger charge is 2.14. The Morgan fingerprint density at radius 2 is 1.68 bits per heavy atom. The third-order valence-corrected chi connectivity index (χ3v) is 3.92. The predicted molar refractivity (Wildman–Crippen MR) is 100 cm³/mol. The Hall–Kier alpha value is -2.82. The molecule has 0 fully saturated rings. The molecule has 0 saturated carbocycles. The fourth-order valence-electron chi connectivity index (χ4n) is 2.54. The molecule has 2 amide bonds. The molecule has 25 heavy (non-hydrogen) atoms. The van der Waals surface area contributed by atoms with Crippen LogP contribution in [0, 0.1) is 13.8 Å². The smallest absolute Gasteiger partial charge is 0.226 e. The Labute approximate surface area is 148 Å². The van der Waals surface area contributed by atoms with Crippen LogP contribution in [-0.4, -0.2) is 25.5 Å². The number of rotatable bonds is 6. The van der Waals surface area contributed by atoms with E-state index in [9.17, 15) is 9.59 Å². The van der Waals surface area contributed by atoms with Crippen LogP contribution >= 0.6 is 0 Å². The van der Waals surface area contributed by atoms with Crippen LogP contribution in [0.25, 0.3) is 0 Å². The Balaban J connectivity index is 2.03. The van der Waals surface area contributed by atoms with Crippen molar-refractivity contribution in [3.05, 3.63) is 53.6 Å². The third-order valence-electron chi connectivity index (χ3n) is 3.92. The van der Waals surface area contributed by atoms with Crippen LogP contribution in [-0.2, 0) is 9.59 Å². The number of anilines is 2. The van der Waals surface area contributed by atoms with E-state index in [1.807, 2.05) is 56.3 Å². The van der Waals surface area contributed by atoms with Gasteiger partial charge in [-0.25, -0.2) is 0 Å². The highest BCUT2D eigenvalue weighted by Crippen LogP contribution is 2.25. The minimum absolute atomic E-state index is 0.0928. The molecular formula is C20H24N2O3. The number of ether oxygens (including phenoxy) is 1. The van der Waals surface area contributed by atoms with Crippen molar-refractivity contribution < 1.29 is 14.3 Å². The van der Waals surface area contributed by atoms with Gasteiger partial charge in [-0.2, -0.15) is 0 Å². The second-order valence-corrected chi connectivity index (χ2v) is 6.01. The number of benzene rings is 2. The topological polar surface area (TPSA) is 58.6 Å². The highest BCUT2D eigenvalue weighted by atomic mass is 16.5. The lowest BCUT2D eigenvalue weighted by atomic mass is 10.2. The summed E-state index contributed by atoms with van der Waals surface area (Å²) in [5.41, 5.74) is 3.58. The molecule has 2 rings (SSSR count). The van der Waals surface area contributed by atoms with Gasteiger partial charge in [0.1, 0.15) is 5.75 Å². The molecule has 0 spiro atoms. The molecule has 0 aromatic heterocycles. The summed E-state index contributed by atoms with van der Waals surface area (Å²) in [7, 11) is 1.56. The highest BCUT2D eigenvalue weighted by molar-refractivity contribution is 5.95. The van der Waals surface area contributed by atoms with E-state index in [0.29, 0.717) is 18.0 Å². The minimum Gasteiger partial charge on any atom is -0.495 e. The quantitative estimate of drug-likeness (QED) is 0.872. The average Bonchev–Trinajstić information content (AvgIpc) is 2.56. The lowest BCUT2D eigenvalue weighted by Crippen LogP contribution is -2.32. The summed E-state index contributed by atoms with van der Waals surface area (Å²) in [6.07, 6.45) is 0.199.